The fourth-order valence-electron chi connectivity index (χ4n) is 1.35. The van der Waals surface area contributed by atoms with E-state index in [9.17, 15) is 0 Å². The maximum Gasteiger partial charge on any atom is 0.128 e. The van der Waals surface area contributed by atoms with Crippen LogP contribution in [-0.4, -0.2) is 16.7 Å². The first-order chi connectivity index (χ1) is 6.81. The zero-order chi connectivity index (χ0) is 9.97. The predicted octanol–water partition coefficient (Wildman–Crippen LogP) is 1.99. The standard InChI is InChI=1S/C11H11N2O/c1-9-12-6-7-13(9)10-4-3-5-11(8-10)14-2/h3-4,6-8H,1-2H3. The first-order valence-corrected chi connectivity index (χ1v) is 4.37. The van der Waals surface area contributed by atoms with Gasteiger partial charge in [-0.3, -0.25) is 0 Å². The summed E-state index contributed by atoms with van der Waals surface area (Å²) in [5.74, 6) is 1.69. The van der Waals surface area contributed by atoms with E-state index < -0.39 is 0 Å². The smallest absolute Gasteiger partial charge is 0.128 e. The van der Waals surface area contributed by atoms with E-state index in [-0.39, 0.29) is 0 Å². The van der Waals surface area contributed by atoms with Gasteiger partial charge in [0.05, 0.1) is 12.8 Å². The van der Waals surface area contributed by atoms with Crippen molar-refractivity contribution in [3.05, 3.63) is 42.5 Å². The third kappa shape index (κ3) is 1.48. The molecule has 0 unspecified atom stereocenters. The Morgan fingerprint density at radius 3 is 3.00 bits per heavy atom. The van der Waals surface area contributed by atoms with Gasteiger partial charge in [-0.1, -0.05) is 0 Å². The Morgan fingerprint density at radius 2 is 2.36 bits per heavy atom. The van der Waals surface area contributed by atoms with Gasteiger partial charge in [0.2, 0.25) is 0 Å². The number of hydrogen-bond donors (Lipinski definition) is 0. The van der Waals surface area contributed by atoms with E-state index in [1.165, 1.54) is 0 Å². The average molecular weight is 187 g/mol. The Bertz CT molecular complexity index is 434. The minimum atomic E-state index is 0.732. The summed E-state index contributed by atoms with van der Waals surface area (Å²) in [4.78, 5) is 4.16. The van der Waals surface area contributed by atoms with E-state index >= 15 is 0 Å². The largest absolute Gasteiger partial charge is 0.496 e. The molecule has 1 aromatic carbocycles. The van der Waals surface area contributed by atoms with Crippen molar-refractivity contribution in [1.29, 1.82) is 0 Å². The van der Waals surface area contributed by atoms with Gasteiger partial charge < -0.3 is 9.30 Å². The van der Waals surface area contributed by atoms with Crippen LogP contribution in [0.15, 0.2) is 30.6 Å². The van der Waals surface area contributed by atoms with Gasteiger partial charge in [0.1, 0.15) is 11.6 Å². The lowest BCUT2D eigenvalue weighted by Gasteiger charge is -2.06. The van der Waals surface area contributed by atoms with Crippen molar-refractivity contribution in [2.75, 3.05) is 7.11 Å². The summed E-state index contributed by atoms with van der Waals surface area (Å²) in [7, 11) is 1.64. The van der Waals surface area contributed by atoms with E-state index in [1.54, 1.807) is 13.3 Å². The fraction of sp³-hybridized carbons (Fsp3) is 0.182. The number of aromatic nitrogens is 2. The number of benzene rings is 1. The highest BCUT2D eigenvalue weighted by Gasteiger charge is 2.00. The second-order valence-electron chi connectivity index (χ2n) is 2.96. The van der Waals surface area contributed by atoms with Gasteiger partial charge in [-0.15, -0.1) is 0 Å². The molecule has 0 fully saturated rings. The number of aryl methyl sites for hydroxylation is 1. The van der Waals surface area contributed by atoms with Crippen LogP contribution in [0.1, 0.15) is 5.82 Å². The zero-order valence-electron chi connectivity index (χ0n) is 8.19. The molecule has 0 atom stereocenters. The number of rotatable bonds is 2. The molecule has 0 saturated carbocycles. The SMILES string of the molecule is COc1[c]ccc(-n2ccnc2C)c1. The molecule has 1 aromatic heterocycles. The van der Waals surface area contributed by atoms with Crippen LogP contribution in [0.5, 0.6) is 5.75 Å². The lowest BCUT2D eigenvalue weighted by molar-refractivity contribution is 0.413. The molecule has 1 radical (unpaired) electrons. The van der Waals surface area contributed by atoms with Gasteiger partial charge in [-0.2, -0.15) is 0 Å². The Labute approximate surface area is 83.0 Å². The van der Waals surface area contributed by atoms with Crippen LogP contribution in [0.4, 0.5) is 0 Å². The number of hydrogen-bond acceptors (Lipinski definition) is 2. The highest BCUT2D eigenvalue weighted by molar-refractivity contribution is 5.39. The topological polar surface area (TPSA) is 27.1 Å². The first-order valence-electron chi connectivity index (χ1n) is 4.37. The Balaban J connectivity index is 2.47. The molecule has 1 heterocycles. The van der Waals surface area contributed by atoms with E-state index in [4.69, 9.17) is 4.74 Å². The van der Waals surface area contributed by atoms with E-state index in [0.717, 1.165) is 17.3 Å². The molecule has 0 amide bonds. The molecule has 0 N–H and O–H groups in total. The van der Waals surface area contributed by atoms with Gasteiger partial charge in [-0.25, -0.2) is 4.98 Å². The van der Waals surface area contributed by atoms with Gasteiger partial charge in [0.25, 0.3) is 0 Å². The highest BCUT2D eigenvalue weighted by Crippen LogP contribution is 2.16. The van der Waals surface area contributed by atoms with Crippen LogP contribution < -0.4 is 4.74 Å². The van der Waals surface area contributed by atoms with Crippen molar-refractivity contribution in [2.24, 2.45) is 0 Å². The van der Waals surface area contributed by atoms with Crippen LogP contribution in [0, 0.1) is 13.0 Å². The van der Waals surface area contributed by atoms with E-state index in [1.807, 2.05) is 35.9 Å². The van der Waals surface area contributed by atoms with Crippen LogP contribution in [0.2, 0.25) is 0 Å². The van der Waals surface area contributed by atoms with Gasteiger partial charge in [0.15, 0.2) is 0 Å². The summed E-state index contributed by atoms with van der Waals surface area (Å²) in [5, 5.41) is 0. The second kappa shape index (κ2) is 3.54. The summed E-state index contributed by atoms with van der Waals surface area (Å²) >= 11 is 0. The van der Waals surface area contributed by atoms with Crippen LogP contribution in [0.3, 0.4) is 0 Å². The fourth-order valence-corrected chi connectivity index (χ4v) is 1.35. The molecule has 0 bridgehead atoms. The molecule has 71 valence electrons. The van der Waals surface area contributed by atoms with Crippen LogP contribution in [-0.2, 0) is 0 Å². The summed E-state index contributed by atoms with van der Waals surface area (Å²) in [6, 6.07) is 8.72. The van der Waals surface area contributed by atoms with Crippen molar-refractivity contribution < 1.29 is 4.74 Å². The molecule has 3 heteroatoms. The quantitative estimate of drug-likeness (QED) is 0.718. The summed E-state index contributed by atoms with van der Waals surface area (Å²) in [6.45, 7) is 1.96. The summed E-state index contributed by atoms with van der Waals surface area (Å²) in [6.07, 6.45) is 3.70. The molecule has 0 aliphatic carbocycles. The molecular formula is C11H11N2O. The third-order valence-electron chi connectivity index (χ3n) is 2.08. The van der Waals surface area contributed by atoms with Crippen LogP contribution in [0.25, 0.3) is 5.69 Å². The average Bonchev–Trinajstić information content (AvgIpc) is 2.65. The molecule has 0 aliphatic heterocycles. The van der Waals surface area contributed by atoms with Gasteiger partial charge in [-0.05, 0) is 19.1 Å². The monoisotopic (exact) mass is 187 g/mol. The highest BCUT2D eigenvalue weighted by atomic mass is 16.5. The molecule has 14 heavy (non-hydrogen) atoms. The minimum absolute atomic E-state index is 0.732. The third-order valence-corrected chi connectivity index (χ3v) is 2.08. The molecule has 2 rings (SSSR count). The van der Waals surface area contributed by atoms with E-state index in [0.29, 0.717) is 0 Å². The number of imidazole rings is 1. The summed E-state index contributed by atoms with van der Waals surface area (Å²) < 4.78 is 7.10. The Hall–Kier alpha value is -1.77. The Morgan fingerprint density at radius 1 is 1.50 bits per heavy atom. The van der Waals surface area contributed by atoms with Crippen molar-refractivity contribution in [3.8, 4) is 11.4 Å². The zero-order valence-corrected chi connectivity index (χ0v) is 8.19. The van der Waals surface area contributed by atoms with Crippen LogP contribution >= 0.6 is 0 Å². The van der Waals surface area contributed by atoms with E-state index in [2.05, 4.69) is 11.1 Å². The lowest BCUT2D eigenvalue weighted by Crippen LogP contribution is -1.95. The van der Waals surface area contributed by atoms with Crippen molar-refractivity contribution >= 4 is 0 Å². The summed E-state index contributed by atoms with van der Waals surface area (Å²) in [5.41, 5.74) is 1.04. The molecule has 0 saturated heterocycles. The van der Waals surface area contributed by atoms with Crippen molar-refractivity contribution in [1.82, 2.24) is 9.55 Å². The Kier molecular flexibility index (Phi) is 2.23. The minimum Gasteiger partial charge on any atom is -0.496 e. The van der Waals surface area contributed by atoms with Gasteiger partial charge in [0, 0.05) is 24.5 Å². The maximum atomic E-state index is 5.10. The van der Waals surface area contributed by atoms with Crippen molar-refractivity contribution in [3.63, 3.8) is 0 Å². The molecule has 3 nitrogen and oxygen atoms in total. The lowest BCUT2D eigenvalue weighted by atomic mass is 10.3. The van der Waals surface area contributed by atoms with Crippen molar-refractivity contribution in [2.45, 2.75) is 6.92 Å². The number of nitrogens with zero attached hydrogens (tertiary/aromatic N) is 2. The molecule has 2 aromatic rings. The number of ether oxygens (including phenoxy) is 1. The first kappa shape index (κ1) is 8.81. The second-order valence-corrected chi connectivity index (χ2v) is 2.96. The maximum absolute atomic E-state index is 5.10. The number of methoxy groups -OCH3 is 1. The molecule has 0 spiro atoms. The molecular weight excluding hydrogens is 176 g/mol. The predicted molar refractivity (Wildman–Crippen MR) is 53.7 cm³/mol. The van der Waals surface area contributed by atoms with Gasteiger partial charge >= 0.3 is 0 Å². The molecule has 0 aliphatic rings. The normalized spacial score (nSPS) is 10.1.